The van der Waals surface area contributed by atoms with Crippen molar-refractivity contribution in [2.75, 3.05) is 6.54 Å². The van der Waals surface area contributed by atoms with Gasteiger partial charge in [-0.3, -0.25) is 0 Å². The van der Waals surface area contributed by atoms with Crippen LogP contribution in [0.5, 0.6) is 5.75 Å². The summed E-state index contributed by atoms with van der Waals surface area (Å²) in [5.74, 6) is 0.581. The zero-order valence-electron chi connectivity index (χ0n) is 12.2. The zero-order valence-corrected chi connectivity index (χ0v) is 13.8. The Hall–Kier alpha value is -1.39. The molecule has 0 saturated carbocycles. The van der Waals surface area contributed by atoms with E-state index >= 15 is 0 Å². The first kappa shape index (κ1) is 16.0. The van der Waals surface area contributed by atoms with E-state index in [9.17, 15) is 4.39 Å². The first-order valence-corrected chi connectivity index (χ1v) is 7.77. The van der Waals surface area contributed by atoms with E-state index in [2.05, 4.69) is 28.2 Å². The lowest BCUT2D eigenvalue weighted by atomic mass is 10.1. The number of halogens is 2. The molecule has 4 heteroatoms. The van der Waals surface area contributed by atoms with Crippen LogP contribution >= 0.6 is 15.9 Å². The molecule has 2 aromatic carbocycles. The van der Waals surface area contributed by atoms with E-state index in [0.717, 1.165) is 34.4 Å². The second kappa shape index (κ2) is 7.57. The molecule has 21 heavy (non-hydrogen) atoms. The normalized spacial score (nSPS) is 10.7. The molecule has 0 unspecified atom stereocenters. The van der Waals surface area contributed by atoms with Gasteiger partial charge in [0, 0.05) is 22.1 Å². The number of ether oxygens (including phenoxy) is 1. The number of benzene rings is 2. The molecule has 0 aromatic heterocycles. The minimum atomic E-state index is -0.250. The molecule has 0 atom stereocenters. The van der Waals surface area contributed by atoms with E-state index in [1.54, 1.807) is 12.1 Å². The molecule has 1 N–H and O–H groups in total. The summed E-state index contributed by atoms with van der Waals surface area (Å²) in [6.07, 6.45) is 0. The maximum atomic E-state index is 13.8. The van der Waals surface area contributed by atoms with Gasteiger partial charge in [0.05, 0.1) is 0 Å². The molecule has 0 amide bonds. The number of hydrogen-bond donors (Lipinski definition) is 1. The summed E-state index contributed by atoms with van der Waals surface area (Å²) in [4.78, 5) is 0. The van der Waals surface area contributed by atoms with Crippen LogP contribution in [-0.2, 0) is 13.2 Å². The Balaban J connectivity index is 2.17. The van der Waals surface area contributed by atoms with Crippen molar-refractivity contribution in [2.45, 2.75) is 27.0 Å². The zero-order chi connectivity index (χ0) is 15.2. The van der Waals surface area contributed by atoms with Gasteiger partial charge in [-0.05, 0) is 37.2 Å². The Labute approximate surface area is 133 Å². The second-order valence-corrected chi connectivity index (χ2v) is 5.78. The fraction of sp³-hybridized carbons (Fsp3) is 0.294. The molecule has 0 heterocycles. The highest BCUT2D eigenvalue weighted by Gasteiger charge is 2.09. The Kier molecular flexibility index (Phi) is 5.76. The van der Waals surface area contributed by atoms with Crippen molar-refractivity contribution in [1.82, 2.24) is 5.32 Å². The highest BCUT2D eigenvalue weighted by Crippen LogP contribution is 2.25. The second-order valence-electron chi connectivity index (χ2n) is 4.87. The summed E-state index contributed by atoms with van der Waals surface area (Å²) < 4.78 is 20.5. The van der Waals surface area contributed by atoms with E-state index in [1.165, 1.54) is 6.07 Å². The third kappa shape index (κ3) is 4.29. The van der Waals surface area contributed by atoms with Gasteiger partial charge < -0.3 is 10.1 Å². The number of nitrogens with one attached hydrogen (secondary N) is 1. The van der Waals surface area contributed by atoms with Gasteiger partial charge in [-0.15, -0.1) is 0 Å². The number of hydrogen-bond acceptors (Lipinski definition) is 2. The summed E-state index contributed by atoms with van der Waals surface area (Å²) in [6, 6.07) is 10.9. The van der Waals surface area contributed by atoms with Crippen molar-refractivity contribution in [3.05, 3.63) is 63.4 Å². The van der Waals surface area contributed by atoms with Gasteiger partial charge in [0.15, 0.2) is 0 Å². The van der Waals surface area contributed by atoms with Gasteiger partial charge >= 0.3 is 0 Å². The summed E-state index contributed by atoms with van der Waals surface area (Å²) >= 11 is 3.35. The van der Waals surface area contributed by atoms with E-state index in [0.29, 0.717) is 5.56 Å². The predicted octanol–water partition coefficient (Wildman–Crippen LogP) is 4.59. The minimum Gasteiger partial charge on any atom is -0.488 e. The van der Waals surface area contributed by atoms with E-state index < -0.39 is 0 Å². The first-order valence-electron chi connectivity index (χ1n) is 6.97. The maximum Gasteiger partial charge on any atom is 0.129 e. The lowest BCUT2D eigenvalue weighted by Crippen LogP contribution is -2.13. The SMILES string of the molecule is CCNCc1cccc(C)c1OCc1cc(Br)ccc1F. The van der Waals surface area contributed by atoms with Crippen LogP contribution in [0.3, 0.4) is 0 Å². The number of aryl methyl sites for hydroxylation is 1. The van der Waals surface area contributed by atoms with Crippen molar-refractivity contribution in [2.24, 2.45) is 0 Å². The molecular formula is C17H19BrFNO. The summed E-state index contributed by atoms with van der Waals surface area (Å²) in [5.41, 5.74) is 2.69. The van der Waals surface area contributed by atoms with Crippen molar-refractivity contribution >= 4 is 15.9 Å². The molecule has 0 bridgehead atoms. The van der Waals surface area contributed by atoms with E-state index in [4.69, 9.17) is 4.74 Å². The molecule has 2 rings (SSSR count). The lowest BCUT2D eigenvalue weighted by molar-refractivity contribution is 0.294. The van der Waals surface area contributed by atoms with Crippen molar-refractivity contribution in [3.63, 3.8) is 0 Å². The molecule has 0 fully saturated rings. The average Bonchev–Trinajstić information content (AvgIpc) is 2.47. The molecule has 0 saturated heterocycles. The minimum absolute atomic E-state index is 0.218. The third-order valence-electron chi connectivity index (χ3n) is 3.24. The van der Waals surface area contributed by atoms with Crippen LogP contribution in [0, 0.1) is 12.7 Å². The summed E-state index contributed by atoms with van der Waals surface area (Å²) in [5, 5.41) is 3.29. The summed E-state index contributed by atoms with van der Waals surface area (Å²) in [6.45, 7) is 5.92. The van der Waals surface area contributed by atoms with Gasteiger partial charge in [-0.1, -0.05) is 41.1 Å². The van der Waals surface area contributed by atoms with Crippen LogP contribution in [0.1, 0.15) is 23.6 Å². The molecule has 112 valence electrons. The fourth-order valence-corrected chi connectivity index (χ4v) is 2.53. The van der Waals surface area contributed by atoms with Gasteiger partial charge in [0.25, 0.3) is 0 Å². The largest absolute Gasteiger partial charge is 0.488 e. The average molecular weight is 352 g/mol. The van der Waals surface area contributed by atoms with Gasteiger partial charge in [-0.25, -0.2) is 4.39 Å². The Morgan fingerprint density at radius 1 is 1.19 bits per heavy atom. The molecule has 0 aliphatic heterocycles. The smallest absolute Gasteiger partial charge is 0.129 e. The number of para-hydroxylation sites is 1. The Bertz CT molecular complexity index is 616. The van der Waals surface area contributed by atoms with E-state index in [1.807, 2.05) is 25.1 Å². The van der Waals surface area contributed by atoms with Crippen LogP contribution in [0.2, 0.25) is 0 Å². The topological polar surface area (TPSA) is 21.3 Å². The van der Waals surface area contributed by atoms with E-state index in [-0.39, 0.29) is 12.4 Å². The van der Waals surface area contributed by atoms with Crippen molar-refractivity contribution < 1.29 is 9.13 Å². The quantitative estimate of drug-likeness (QED) is 0.821. The highest BCUT2D eigenvalue weighted by molar-refractivity contribution is 9.10. The fourth-order valence-electron chi connectivity index (χ4n) is 2.12. The summed E-state index contributed by atoms with van der Waals surface area (Å²) in [7, 11) is 0. The standard InChI is InChI=1S/C17H19BrFNO/c1-3-20-10-13-6-4-5-12(2)17(13)21-11-14-9-15(18)7-8-16(14)19/h4-9,20H,3,10-11H2,1-2H3. The van der Waals surface area contributed by atoms with Crippen LogP contribution < -0.4 is 10.1 Å². The maximum absolute atomic E-state index is 13.8. The van der Waals surface area contributed by atoms with Crippen molar-refractivity contribution in [1.29, 1.82) is 0 Å². The third-order valence-corrected chi connectivity index (χ3v) is 3.73. The molecular weight excluding hydrogens is 333 g/mol. The van der Waals surface area contributed by atoms with Crippen LogP contribution in [-0.4, -0.2) is 6.54 Å². The molecule has 2 aromatic rings. The van der Waals surface area contributed by atoms with Gasteiger partial charge in [0.2, 0.25) is 0 Å². The monoisotopic (exact) mass is 351 g/mol. The molecule has 0 radical (unpaired) electrons. The molecule has 0 aliphatic rings. The molecule has 2 nitrogen and oxygen atoms in total. The Morgan fingerprint density at radius 3 is 2.76 bits per heavy atom. The first-order chi connectivity index (χ1) is 10.1. The predicted molar refractivity (Wildman–Crippen MR) is 87.0 cm³/mol. The van der Waals surface area contributed by atoms with Crippen LogP contribution in [0.15, 0.2) is 40.9 Å². The van der Waals surface area contributed by atoms with Crippen LogP contribution in [0.4, 0.5) is 4.39 Å². The van der Waals surface area contributed by atoms with Gasteiger partial charge in [0.1, 0.15) is 18.2 Å². The lowest BCUT2D eigenvalue weighted by Gasteiger charge is -2.15. The number of rotatable bonds is 6. The Morgan fingerprint density at radius 2 is 2.00 bits per heavy atom. The molecule has 0 spiro atoms. The molecule has 0 aliphatic carbocycles. The van der Waals surface area contributed by atoms with Gasteiger partial charge in [-0.2, -0.15) is 0 Å². The highest BCUT2D eigenvalue weighted by atomic mass is 79.9. The van der Waals surface area contributed by atoms with Crippen LogP contribution in [0.25, 0.3) is 0 Å². The van der Waals surface area contributed by atoms with Crippen molar-refractivity contribution in [3.8, 4) is 5.75 Å².